The van der Waals surface area contributed by atoms with Crippen molar-refractivity contribution in [2.24, 2.45) is 5.92 Å². The van der Waals surface area contributed by atoms with Crippen molar-refractivity contribution in [3.8, 4) is 17.4 Å². The molecule has 7 rings (SSSR count). The van der Waals surface area contributed by atoms with Crippen LogP contribution in [-0.2, 0) is 30.0 Å². The number of sulfonamides is 1. The van der Waals surface area contributed by atoms with E-state index in [9.17, 15) is 32.7 Å². The number of nitrogens with zero attached hydrogens (tertiary/aromatic N) is 2. The lowest BCUT2D eigenvalue weighted by molar-refractivity contribution is -0.141. The SMILES string of the molecule is COc1ccc2c(O[C@@H]3C[C@H]4C(=O)N[C@]5(C(=O)NS(=O)(=O)C6(C)CC6)C[C@H]5/C=C\CCCCC[C@H](NC(=O)c5ccc(C(C)(C)O)s5)C(=O)N4C3)cc(OC(C)C)nc2c1C. The van der Waals surface area contributed by atoms with Gasteiger partial charge in [-0.05, 0) is 104 Å². The Labute approximate surface area is 361 Å². The number of methoxy groups -OCH3 is 1. The number of carbonyl (C=O) groups is 4. The normalized spacial score (nSPS) is 26.0. The maximum absolute atomic E-state index is 14.9. The van der Waals surface area contributed by atoms with Gasteiger partial charge in [0.25, 0.3) is 11.8 Å². The molecule has 4 N–H and O–H groups in total. The van der Waals surface area contributed by atoms with Crippen LogP contribution in [0.2, 0.25) is 0 Å². The monoisotopic (exact) mass is 879 g/mol. The van der Waals surface area contributed by atoms with Crippen LogP contribution in [0.15, 0.2) is 42.5 Å². The van der Waals surface area contributed by atoms with Gasteiger partial charge >= 0.3 is 0 Å². The number of amides is 4. The number of allylic oxidation sites excluding steroid dienone is 1. The summed E-state index contributed by atoms with van der Waals surface area (Å²) in [7, 11) is -2.45. The minimum absolute atomic E-state index is 0.0198. The Balaban J connectivity index is 1.23. The Morgan fingerprint density at radius 1 is 1.10 bits per heavy atom. The lowest BCUT2D eigenvalue weighted by atomic mass is 10.0. The number of nitrogens with one attached hydrogen (secondary N) is 3. The van der Waals surface area contributed by atoms with Crippen molar-refractivity contribution < 1.29 is 46.9 Å². The highest BCUT2D eigenvalue weighted by Gasteiger charge is 2.63. The fourth-order valence-electron chi connectivity index (χ4n) is 8.12. The van der Waals surface area contributed by atoms with Crippen molar-refractivity contribution in [2.45, 2.75) is 140 Å². The minimum Gasteiger partial charge on any atom is -0.496 e. The molecule has 0 radical (unpaired) electrons. The first-order chi connectivity index (χ1) is 28.7. The Morgan fingerprint density at radius 3 is 2.52 bits per heavy atom. The van der Waals surface area contributed by atoms with E-state index in [1.165, 1.54) is 4.90 Å². The van der Waals surface area contributed by atoms with E-state index >= 15 is 0 Å². The number of rotatable bonds is 11. The highest BCUT2D eigenvalue weighted by Crippen LogP contribution is 2.48. The van der Waals surface area contributed by atoms with Crippen LogP contribution in [0.1, 0.15) is 113 Å². The minimum atomic E-state index is -4.02. The number of ether oxygens (including phenoxy) is 3. The fraction of sp³-hybridized carbons (Fsp3) is 0.568. The summed E-state index contributed by atoms with van der Waals surface area (Å²) < 4.78 is 46.0. The van der Waals surface area contributed by atoms with Crippen LogP contribution in [0.5, 0.6) is 17.4 Å². The molecule has 2 aromatic heterocycles. The van der Waals surface area contributed by atoms with Crippen LogP contribution >= 0.6 is 11.3 Å². The van der Waals surface area contributed by atoms with E-state index in [2.05, 4.69) is 15.4 Å². The molecule has 3 fully saturated rings. The molecule has 17 heteroatoms. The molecule has 61 heavy (non-hydrogen) atoms. The molecule has 4 heterocycles. The van der Waals surface area contributed by atoms with E-state index in [0.717, 1.165) is 29.7 Å². The zero-order valence-corrected chi connectivity index (χ0v) is 37.5. The number of pyridine rings is 1. The highest BCUT2D eigenvalue weighted by atomic mass is 32.2. The largest absolute Gasteiger partial charge is 0.496 e. The molecular weight excluding hydrogens is 823 g/mol. The summed E-state index contributed by atoms with van der Waals surface area (Å²) >= 11 is 1.13. The molecule has 15 nitrogen and oxygen atoms in total. The number of carbonyl (C=O) groups excluding carboxylic acids is 4. The van der Waals surface area contributed by atoms with Gasteiger partial charge in [0.15, 0.2) is 0 Å². The predicted octanol–water partition coefficient (Wildman–Crippen LogP) is 5.17. The molecule has 5 atom stereocenters. The summed E-state index contributed by atoms with van der Waals surface area (Å²) in [5, 5.41) is 17.1. The summed E-state index contributed by atoms with van der Waals surface area (Å²) in [4.78, 5) is 64.4. The molecular formula is C44H57N5O10S2. The van der Waals surface area contributed by atoms with Crippen molar-refractivity contribution in [1.82, 2.24) is 25.2 Å². The average Bonchev–Trinajstić information content (AvgIpc) is 3.95. The van der Waals surface area contributed by atoms with Crippen LogP contribution in [0.3, 0.4) is 0 Å². The van der Waals surface area contributed by atoms with Gasteiger partial charge in [-0.2, -0.15) is 0 Å². The Bertz CT molecular complexity index is 2350. The predicted molar refractivity (Wildman–Crippen MR) is 230 cm³/mol. The molecule has 1 aromatic carbocycles. The van der Waals surface area contributed by atoms with Gasteiger partial charge in [0.2, 0.25) is 27.7 Å². The molecule has 4 aliphatic rings. The Hall–Kier alpha value is -4.74. The quantitative estimate of drug-likeness (QED) is 0.185. The van der Waals surface area contributed by atoms with Crippen LogP contribution < -0.4 is 29.6 Å². The molecule has 2 aliphatic carbocycles. The van der Waals surface area contributed by atoms with Gasteiger partial charge in [0.1, 0.15) is 35.2 Å². The Kier molecular flexibility index (Phi) is 12.2. The van der Waals surface area contributed by atoms with E-state index in [4.69, 9.17) is 19.2 Å². The third-order valence-electron chi connectivity index (χ3n) is 12.2. The van der Waals surface area contributed by atoms with Crippen molar-refractivity contribution in [2.75, 3.05) is 13.7 Å². The third-order valence-corrected chi connectivity index (χ3v) is 15.8. The maximum atomic E-state index is 14.9. The van der Waals surface area contributed by atoms with Gasteiger partial charge in [-0.3, -0.25) is 23.9 Å². The van der Waals surface area contributed by atoms with Gasteiger partial charge in [-0.1, -0.05) is 25.0 Å². The molecule has 0 spiro atoms. The standard InChI is InChI=1S/C44H57N5O10S2/c1-25(2)58-36-22-33(29-15-16-32(57-7)26(3)37(29)46-36)59-28-21-31-38(50)47-44(41(53)48-61(55,56)43(6)19-20-43)23-27(44)13-11-9-8-10-12-14-30(40(52)49(31)24-28)45-39(51)34-17-18-35(60-34)42(4,5)54/h11,13,15-18,22,25,27-28,30-31,54H,8-10,12,14,19-21,23-24H2,1-7H3,(H,45,51)(H,47,50)(H,48,53)/b13-11-/t27-,28-,30+,31+,44-/m1/s1. The number of aromatic nitrogens is 1. The van der Waals surface area contributed by atoms with E-state index in [0.29, 0.717) is 70.1 Å². The second kappa shape index (κ2) is 16.9. The first-order valence-corrected chi connectivity index (χ1v) is 23.4. The smallest absolute Gasteiger partial charge is 0.262 e. The number of benzene rings is 1. The summed E-state index contributed by atoms with van der Waals surface area (Å²) in [6.45, 7) is 10.4. The number of thiophene rings is 1. The molecule has 1 saturated heterocycles. The fourth-order valence-corrected chi connectivity index (χ4v) is 10.3. The van der Waals surface area contributed by atoms with Gasteiger partial charge < -0.3 is 34.9 Å². The molecule has 0 unspecified atom stereocenters. The number of hydrogen-bond acceptors (Lipinski definition) is 12. The van der Waals surface area contributed by atoms with Gasteiger partial charge in [0, 0.05) is 34.2 Å². The number of hydrogen-bond donors (Lipinski definition) is 4. The molecule has 2 aliphatic heterocycles. The maximum Gasteiger partial charge on any atom is 0.262 e. The van der Waals surface area contributed by atoms with Crippen molar-refractivity contribution in [1.29, 1.82) is 0 Å². The molecule has 4 amide bonds. The van der Waals surface area contributed by atoms with E-state index < -0.39 is 73.6 Å². The van der Waals surface area contributed by atoms with Crippen molar-refractivity contribution in [3.63, 3.8) is 0 Å². The Morgan fingerprint density at radius 2 is 1.85 bits per heavy atom. The zero-order chi connectivity index (χ0) is 44.1. The zero-order valence-electron chi connectivity index (χ0n) is 35.8. The van der Waals surface area contributed by atoms with E-state index in [1.807, 2.05) is 45.1 Å². The number of aryl methyl sites for hydroxylation is 1. The van der Waals surface area contributed by atoms with Crippen molar-refractivity contribution >= 4 is 55.9 Å². The van der Waals surface area contributed by atoms with Crippen LogP contribution in [0, 0.1) is 12.8 Å². The van der Waals surface area contributed by atoms with Gasteiger partial charge in [-0.15, -0.1) is 11.3 Å². The summed E-state index contributed by atoms with van der Waals surface area (Å²) in [5.41, 5.74) is -1.36. The molecule has 330 valence electrons. The topological polar surface area (TPSA) is 203 Å². The molecule has 0 bridgehead atoms. The van der Waals surface area contributed by atoms with E-state index in [-0.39, 0.29) is 25.5 Å². The average molecular weight is 880 g/mol. The van der Waals surface area contributed by atoms with Gasteiger partial charge in [0.05, 0.1) is 40.5 Å². The highest BCUT2D eigenvalue weighted by molar-refractivity contribution is 7.91. The van der Waals surface area contributed by atoms with Gasteiger partial charge in [-0.25, -0.2) is 13.4 Å². The second-order valence-electron chi connectivity index (χ2n) is 17.9. The van der Waals surface area contributed by atoms with E-state index in [1.54, 1.807) is 46.1 Å². The lowest BCUT2D eigenvalue weighted by Gasteiger charge is -2.30. The van der Waals surface area contributed by atoms with Crippen LogP contribution in [0.4, 0.5) is 0 Å². The third kappa shape index (κ3) is 9.24. The summed E-state index contributed by atoms with van der Waals surface area (Å²) in [5.74, 6) is -1.54. The number of fused-ring (bicyclic) bond motifs is 3. The first kappa shape index (κ1) is 44.3. The summed E-state index contributed by atoms with van der Waals surface area (Å²) in [6, 6.07) is 6.44. The summed E-state index contributed by atoms with van der Waals surface area (Å²) in [6.07, 6.45) is 7.01. The van der Waals surface area contributed by atoms with Crippen LogP contribution in [0.25, 0.3) is 10.9 Å². The first-order valence-electron chi connectivity index (χ1n) is 21.1. The van der Waals surface area contributed by atoms with Crippen LogP contribution in [-0.4, -0.2) is 95.3 Å². The lowest BCUT2D eigenvalue weighted by Crippen LogP contribution is -2.58. The van der Waals surface area contributed by atoms with Crippen molar-refractivity contribution in [3.05, 3.63) is 57.8 Å². The second-order valence-corrected chi connectivity index (χ2v) is 21.1. The molecule has 3 aromatic rings. The molecule has 2 saturated carbocycles. The number of aliphatic hydroxyl groups is 1.